The molecule has 124 valence electrons. The number of benzene rings is 1. The van der Waals surface area contributed by atoms with E-state index in [4.69, 9.17) is 16.0 Å². The quantitative estimate of drug-likeness (QED) is 0.803. The summed E-state index contributed by atoms with van der Waals surface area (Å²) in [7, 11) is -2.67. The van der Waals surface area contributed by atoms with Gasteiger partial charge in [-0.1, -0.05) is 11.6 Å². The van der Waals surface area contributed by atoms with Crippen molar-refractivity contribution in [3.63, 3.8) is 0 Å². The van der Waals surface area contributed by atoms with Crippen molar-refractivity contribution in [2.45, 2.75) is 24.3 Å². The number of ether oxygens (including phenoxy) is 1. The highest BCUT2D eigenvalue weighted by molar-refractivity contribution is 7.89. The Morgan fingerprint density at radius 3 is 2.74 bits per heavy atom. The fourth-order valence-corrected chi connectivity index (χ4v) is 3.82. The molecular formula is C15H16ClNO5S. The summed E-state index contributed by atoms with van der Waals surface area (Å²) < 4.78 is 37.2. The van der Waals surface area contributed by atoms with E-state index in [1.54, 1.807) is 19.1 Å². The van der Waals surface area contributed by atoms with Gasteiger partial charge in [0, 0.05) is 12.5 Å². The summed E-state index contributed by atoms with van der Waals surface area (Å²) in [6.45, 7) is 1.71. The van der Waals surface area contributed by atoms with Gasteiger partial charge in [-0.25, -0.2) is 17.9 Å². The van der Waals surface area contributed by atoms with Crippen LogP contribution in [0.3, 0.4) is 0 Å². The molecular weight excluding hydrogens is 342 g/mol. The highest BCUT2D eigenvalue weighted by atomic mass is 35.5. The van der Waals surface area contributed by atoms with Gasteiger partial charge in [-0.05, 0) is 37.3 Å². The van der Waals surface area contributed by atoms with Crippen molar-refractivity contribution in [2.75, 3.05) is 7.11 Å². The fourth-order valence-electron chi connectivity index (χ4n) is 2.05. The van der Waals surface area contributed by atoms with E-state index in [2.05, 4.69) is 9.46 Å². The maximum atomic E-state index is 12.5. The summed E-state index contributed by atoms with van der Waals surface area (Å²) in [5, 5.41) is 0.0235. The molecule has 1 aromatic carbocycles. The Bertz CT molecular complexity index is 786. The van der Waals surface area contributed by atoms with Crippen LogP contribution in [-0.4, -0.2) is 27.5 Å². The number of methoxy groups -OCH3 is 1. The number of sulfonamides is 1. The molecule has 0 saturated carbocycles. The van der Waals surface area contributed by atoms with Crippen LogP contribution in [0.1, 0.15) is 23.0 Å². The second kappa shape index (κ2) is 7.16. The number of hydrogen-bond donors (Lipinski definition) is 1. The smallest absolute Gasteiger partial charge is 0.337 e. The fraction of sp³-hybridized carbons (Fsp3) is 0.267. The lowest BCUT2D eigenvalue weighted by molar-refractivity contribution is 0.0600. The molecule has 0 aliphatic carbocycles. The van der Waals surface area contributed by atoms with Crippen LogP contribution in [0.2, 0.25) is 5.02 Å². The third-order valence-corrected chi connectivity index (χ3v) is 5.16. The Labute approximate surface area is 139 Å². The van der Waals surface area contributed by atoms with Crippen molar-refractivity contribution in [3.05, 3.63) is 52.9 Å². The molecule has 2 rings (SSSR count). The first-order valence-electron chi connectivity index (χ1n) is 6.76. The van der Waals surface area contributed by atoms with Gasteiger partial charge in [0.05, 0.1) is 24.0 Å². The minimum atomic E-state index is -3.89. The van der Waals surface area contributed by atoms with Crippen LogP contribution >= 0.6 is 11.6 Å². The number of halogens is 1. The zero-order valence-corrected chi connectivity index (χ0v) is 14.1. The lowest BCUT2D eigenvalue weighted by atomic mass is 10.2. The second-order valence-corrected chi connectivity index (χ2v) is 7.03. The molecule has 1 N–H and O–H groups in total. The monoisotopic (exact) mass is 357 g/mol. The molecule has 1 unspecified atom stereocenters. The SMILES string of the molecule is COC(=O)c1ccc(Cl)c(S(=O)(=O)NC(C)Cc2ccco2)c1. The summed E-state index contributed by atoms with van der Waals surface area (Å²) in [5.41, 5.74) is 0.107. The Hall–Kier alpha value is -1.83. The lowest BCUT2D eigenvalue weighted by Gasteiger charge is -2.14. The number of nitrogens with one attached hydrogen (secondary N) is 1. The number of carbonyl (C=O) groups excluding carboxylic acids is 1. The molecule has 0 aliphatic heterocycles. The van der Waals surface area contributed by atoms with Crippen LogP contribution < -0.4 is 4.72 Å². The minimum Gasteiger partial charge on any atom is -0.469 e. The maximum absolute atomic E-state index is 12.5. The molecule has 1 heterocycles. The normalized spacial score (nSPS) is 12.8. The molecule has 0 spiro atoms. The molecule has 0 aliphatic rings. The van der Waals surface area contributed by atoms with E-state index in [1.165, 1.54) is 31.6 Å². The number of furan rings is 1. The summed E-state index contributed by atoms with van der Waals surface area (Å²) in [5.74, 6) is 0.0244. The van der Waals surface area contributed by atoms with Gasteiger partial charge < -0.3 is 9.15 Å². The molecule has 1 aromatic heterocycles. The third kappa shape index (κ3) is 4.34. The average Bonchev–Trinajstić information content (AvgIpc) is 2.98. The predicted octanol–water partition coefficient (Wildman–Crippen LogP) is 2.63. The molecule has 0 saturated heterocycles. The highest BCUT2D eigenvalue weighted by Crippen LogP contribution is 2.23. The zero-order chi connectivity index (χ0) is 17.0. The van der Waals surface area contributed by atoms with Crippen LogP contribution in [0.15, 0.2) is 45.9 Å². The highest BCUT2D eigenvalue weighted by Gasteiger charge is 2.23. The van der Waals surface area contributed by atoms with Crippen molar-refractivity contribution in [1.29, 1.82) is 0 Å². The van der Waals surface area contributed by atoms with Crippen LogP contribution in [0.4, 0.5) is 0 Å². The molecule has 0 amide bonds. The van der Waals surface area contributed by atoms with Crippen LogP contribution in [0, 0.1) is 0 Å². The van der Waals surface area contributed by atoms with Crippen molar-refractivity contribution in [1.82, 2.24) is 4.72 Å². The summed E-state index contributed by atoms with van der Waals surface area (Å²) in [4.78, 5) is 11.4. The van der Waals surface area contributed by atoms with Crippen LogP contribution in [0.5, 0.6) is 0 Å². The molecule has 0 fully saturated rings. The van der Waals surface area contributed by atoms with Gasteiger partial charge in [-0.15, -0.1) is 0 Å². The van der Waals surface area contributed by atoms with E-state index in [0.717, 1.165) is 0 Å². The molecule has 2 aromatic rings. The van der Waals surface area contributed by atoms with E-state index in [1.807, 2.05) is 0 Å². The third-order valence-electron chi connectivity index (χ3n) is 3.09. The molecule has 8 heteroatoms. The van der Waals surface area contributed by atoms with Crippen molar-refractivity contribution < 1.29 is 22.4 Å². The van der Waals surface area contributed by atoms with Gasteiger partial charge in [0.2, 0.25) is 10.0 Å². The van der Waals surface area contributed by atoms with Crippen molar-refractivity contribution in [3.8, 4) is 0 Å². The largest absolute Gasteiger partial charge is 0.469 e. The number of carbonyl (C=O) groups is 1. The Kier molecular flexibility index (Phi) is 5.46. The van der Waals surface area contributed by atoms with Gasteiger partial charge >= 0.3 is 5.97 Å². The average molecular weight is 358 g/mol. The van der Waals surface area contributed by atoms with Gasteiger partial charge in [0.25, 0.3) is 0 Å². The Morgan fingerprint density at radius 2 is 2.13 bits per heavy atom. The summed E-state index contributed by atoms with van der Waals surface area (Å²) >= 11 is 5.97. The first-order chi connectivity index (χ1) is 10.8. The minimum absolute atomic E-state index is 0.0235. The molecule has 6 nitrogen and oxygen atoms in total. The first-order valence-corrected chi connectivity index (χ1v) is 8.62. The van der Waals surface area contributed by atoms with Gasteiger partial charge in [0.15, 0.2) is 0 Å². The zero-order valence-electron chi connectivity index (χ0n) is 12.6. The second-order valence-electron chi connectivity index (χ2n) is 4.94. The molecule has 23 heavy (non-hydrogen) atoms. The molecule has 0 bridgehead atoms. The Morgan fingerprint density at radius 1 is 1.39 bits per heavy atom. The first kappa shape index (κ1) is 17.5. The predicted molar refractivity (Wildman–Crippen MR) is 85.0 cm³/mol. The van der Waals surface area contributed by atoms with Crippen molar-refractivity contribution in [2.24, 2.45) is 0 Å². The summed E-state index contributed by atoms with van der Waals surface area (Å²) in [6, 6.07) is 7.02. The number of rotatable bonds is 6. The number of hydrogen-bond acceptors (Lipinski definition) is 5. The van der Waals surface area contributed by atoms with E-state index in [0.29, 0.717) is 12.2 Å². The van der Waals surface area contributed by atoms with Crippen molar-refractivity contribution >= 4 is 27.6 Å². The molecule has 0 radical (unpaired) electrons. The topological polar surface area (TPSA) is 85.6 Å². The van der Waals surface area contributed by atoms with Crippen LogP contribution in [0.25, 0.3) is 0 Å². The molecule has 1 atom stereocenters. The number of esters is 1. The van der Waals surface area contributed by atoms with E-state index in [-0.39, 0.29) is 15.5 Å². The van der Waals surface area contributed by atoms with E-state index >= 15 is 0 Å². The summed E-state index contributed by atoms with van der Waals surface area (Å²) in [6.07, 6.45) is 1.91. The van der Waals surface area contributed by atoms with Gasteiger partial charge in [-0.2, -0.15) is 0 Å². The van der Waals surface area contributed by atoms with E-state index < -0.39 is 22.0 Å². The lowest BCUT2D eigenvalue weighted by Crippen LogP contribution is -2.34. The Balaban J connectivity index is 2.23. The van der Waals surface area contributed by atoms with Gasteiger partial charge in [0.1, 0.15) is 10.7 Å². The maximum Gasteiger partial charge on any atom is 0.337 e. The van der Waals surface area contributed by atoms with E-state index in [9.17, 15) is 13.2 Å². The van der Waals surface area contributed by atoms with Crippen LogP contribution in [-0.2, 0) is 21.2 Å². The standard InChI is InChI=1S/C15H16ClNO5S/c1-10(8-12-4-3-7-22-12)17-23(19,20)14-9-11(15(18)21-2)5-6-13(14)16/h3-7,9-10,17H,8H2,1-2H3. The van der Waals surface area contributed by atoms with Gasteiger partial charge in [-0.3, -0.25) is 0 Å².